The summed E-state index contributed by atoms with van der Waals surface area (Å²) in [6.45, 7) is 2.02. The molecule has 0 fully saturated rings. The summed E-state index contributed by atoms with van der Waals surface area (Å²) in [5.41, 5.74) is 0.317. The predicted molar refractivity (Wildman–Crippen MR) is 86.7 cm³/mol. The van der Waals surface area contributed by atoms with Crippen molar-refractivity contribution in [3.63, 3.8) is 0 Å². The second-order valence-corrected chi connectivity index (χ2v) is 5.81. The molecule has 0 amide bonds. The van der Waals surface area contributed by atoms with E-state index < -0.39 is 17.2 Å². The standard InChI is InChI=1S/C14H15F2N5O2S/c1-2-3-7-24-14-19-18-13(12(15)16)20(14)17-9-10-5-4-6-11(8-10)21(22)23/h4-6,8-9,12H,2-3,7H2,1H3/b17-9-. The van der Waals surface area contributed by atoms with E-state index in [1.807, 2.05) is 6.92 Å². The Labute approximate surface area is 140 Å². The van der Waals surface area contributed by atoms with Crippen LogP contribution in [0.2, 0.25) is 0 Å². The lowest BCUT2D eigenvalue weighted by molar-refractivity contribution is -0.384. The summed E-state index contributed by atoms with van der Waals surface area (Å²) in [5.74, 6) is 0.153. The Hall–Kier alpha value is -2.36. The number of hydrogen-bond acceptors (Lipinski definition) is 6. The van der Waals surface area contributed by atoms with Crippen molar-refractivity contribution in [1.29, 1.82) is 0 Å². The summed E-state index contributed by atoms with van der Waals surface area (Å²) in [6, 6.07) is 5.73. The van der Waals surface area contributed by atoms with Gasteiger partial charge in [-0.05, 0) is 6.42 Å². The van der Waals surface area contributed by atoms with E-state index in [2.05, 4.69) is 15.3 Å². The van der Waals surface area contributed by atoms with Crippen LogP contribution in [-0.4, -0.2) is 31.8 Å². The van der Waals surface area contributed by atoms with E-state index in [4.69, 9.17) is 0 Å². The number of aromatic nitrogens is 3. The lowest BCUT2D eigenvalue weighted by atomic mass is 10.2. The highest BCUT2D eigenvalue weighted by Gasteiger charge is 2.20. The molecule has 0 spiro atoms. The quantitative estimate of drug-likeness (QED) is 0.236. The summed E-state index contributed by atoms with van der Waals surface area (Å²) in [5, 5.41) is 22.2. The zero-order valence-corrected chi connectivity index (χ0v) is 13.6. The van der Waals surface area contributed by atoms with Gasteiger partial charge in [0.15, 0.2) is 0 Å². The average Bonchev–Trinajstić information content (AvgIpc) is 2.96. The maximum Gasteiger partial charge on any atom is 0.299 e. The monoisotopic (exact) mass is 355 g/mol. The summed E-state index contributed by atoms with van der Waals surface area (Å²) in [6.07, 6.45) is 0.336. The highest BCUT2D eigenvalue weighted by molar-refractivity contribution is 7.99. The van der Waals surface area contributed by atoms with E-state index in [9.17, 15) is 18.9 Å². The Kier molecular flexibility index (Phi) is 6.36. The van der Waals surface area contributed by atoms with Gasteiger partial charge in [-0.25, -0.2) is 8.78 Å². The first-order chi connectivity index (χ1) is 11.5. The Balaban J connectivity index is 2.27. The summed E-state index contributed by atoms with van der Waals surface area (Å²) >= 11 is 1.29. The van der Waals surface area contributed by atoms with Gasteiger partial charge in [-0.1, -0.05) is 37.2 Å². The summed E-state index contributed by atoms with van der Waals surface area (Å²) < 4.78 is 27.0. The molecule has 0 radical (unpaired) electrons. The van der Waals surface area contributed by atoms with Crippen molar-refractivity contribution in [3.05, 3.63) is 45.8 Å². The molecular formula is C14H15F2N5O2S. The second kappa shape index (κ2) is 8.48. The molecule has 0 atom stereocenters. The number of hydrogen-bond donors (Lipinski definition) is 0. The van der Waals surface area contributed by atoms with Gasteiger partial charge in [-0.3, -0.25) is 10.1 Å². The minimum absolute atomic E-state index is 0.102. The number of non-ortho nitro benzene ring substituents is 1. The summed E-state index contributed by atoms with van der Waals surface area (Å²) in [4.78, 5) is 10.2. The Morgan fingerprint density at radius 1 is 1.46 bits per heavy atom. The third kappa shape index (κ3) is 4.57. The van der Waals surface area contributed by atoms with Gasteiger partial charge < -0.3 is 0 Å². The predicted octanol–water partition coefficient (Wildman–Crippen LogP) is 3.90. The number of halogens is 2. The van der Waals surface area contributed by atoms with Gasteiger partial charge in [-0.15, -0.1) is 10.2 Å². The molecular weight excluding hydrogens is 340 g/mol. The molecule has 0 aliphatic rings. The topological polar surface area (TPSA) is 86.2 Å². The van der Waals surface area contributed by atoms with Crippen molar-refractivity contribution in [3.8, 4) is 0 Å². The van der Waals surface area contributed by atoms with Crippen LogP contribution in [0.5, 0.6) is 0 Å². The largest absolute Gasteiger partial charge is 0.299 e. The summed E-state index contributed by atoms with van der Waals surface area (Å²) in [7, 11) is 0. The number of nitro groups is 1. The van der Waals surface area contributed by atoms with Crippen LogP contribution in [0.25, 0.3) is 0 Å². The molecule has 0 unspecified atom stereocenters. The minimum Gasteiger partial charge on any atom is -0.258 e. The van der Waals surface area contributed by atoms with E-state index in [1.54, 1.807) is 6.07 Å². The van der Waals surface area contributed by atoms with Gasteiger partial charge in [-0.2, -0.15) is 9.78 Å². The van der Waals surface area contributed by atoms with Crippen LogP contribution in [0.3, 0.4) is 0 Å². The van der Waals surface area contributed by atoms with E-state index in [-0.39, 0.29) is 10.8 Å². The van der Waals surface area contributed by atoms with Crippen LogP contribution in [0.4, 0.5) is 14.5 Å². The van der Waals surface area contributed by atoms with Crippen molar-refractivity contribution < 1.29 is 13.7 Å². The lowest BCUT2D eigenvalue weighted by Crippen LogP contribution is -2.01. The highest BCUT2D eigenvalue weighted by atomic mass is 32.2. The van der Waals surface area contributed by atoms with Crippen molar-refractivity contribution in [1.82, 2.24) is 14.9 Å². The van der Waals surface area contributed by atoms with Gasteiger partial charge >= 0.3 is 0 Å². The smallest absolute Gasteiger partial charge is 0.258 e. The number of benzene rings is 1. The first-order valence-electron chi connectivity index (χ1n) is 7.18. The fourth-order valence-electron chi connectivity index (χ4n) is 1.76. The molecule has 1 aromatic heterocycles. The SMILES string of the molecule is CCCCSc1nnc(C(F)F)n1/N=C\c1cccc([N+](=O)[O-])c1. The number of rotatable bonds is 8. The molecule has 2 rings (SSSR count). The molecule has 2 aromatic rings. The molecule has 24 heavy (non-hydrogen) atoms. The Morgan fingerprint density at radius 2 is 2.25 bits per heavy atom. The first kappa shape index (κ1) is 18.0. The molecule has 128 valence electrons. The van der Waals surface area contributed by atoms with Gasteiger partial charge in [0.1, 0.15) is 0 Å². The zero-order chi connectivity index (χ0) is 17.5. The van der Waals surface area contributed by atoms with Crippen molar-refractivity contribution >= 4 is 23.7 Å². The molecule has 0 bridgehead atoms. The third-order valence-electron chi connectivity index (χ3n) is 2.96. The third-order valence-corrected chi connectivity index (χ3v) is 3.97. The number of alkyl halides is 2. The average molecular weight is 355 g/mol. The van der Waals surface area contributed by atoms with Crippen molar-refractivity contribution in [2.75, 3.05) is 5.75 Å². The van der Waals surface area contributed by atoms with Gasteiger partial charge in [0.05, 0.1) is 11.1 Å². The normalized spacial score (nSPS) is 11.5. The fourth-order valence-corrected chi connectivity index (χ4v) is 2.74. The van der Waals surface area contributed by atoms with Crippen LogP contribution < -0.4 is 0 Å². The lowest BCUT2D eigenvalue weighted by Gasteiger charge is -2.03. The number of thioether (sulfide) groups is 1. The number of nitro benzene ring substituents is 1. The molecule has 0 saturated heterocycles. The van der Waals surface area contributed by atoms with Crippen LogP contribution in [0.1, 0.15) is 37.6 Å². The van der Waals surface area contributed by atoms with E-state index in [0.29, 0.717) is 11.3 Å². The second-order valence-electron chi connectivity index (χ2n) is 4.75. The van der Waals surface area contributed by atoms with Crippen LogP contribution in [-0.2, 0) is 0 Å². The van der Waals surface area contributed by atoms with Crippen LogP contribution >= 0.6 is 11.8 Å². The van der Waals surface area contributed by atoms with E-state index >= 15 is 0 Å². The maximum absolute atomic E-state index is 13.0. The number of unbranched alkanes of at least 4 members (excludes halogenated alkanes) is 1. The molecule has 1 heterocycles. The van der Waals surface area contributed by atoms with E-state index in [1.165, 1.54) is 36.2 Å². The molecule has 0 aliphatic carbocycles. The maximum atomic E-state index is 13.0. The Morgan fingerprint density at radius 3 is 2.92 bits per heavy atom. The van der Waals surface area contributed by atoms with Crippen LogP contribution in [0.15, 0.2) is 34.5 Å². The zero-order valence-electron chi connectivity index (χ0n) is 12.8. The van der Waals surface area contributed by atoms with Crippen molar-refractivity contribution in [2.24, 2.45) is 5.10 Å². The molecule has 0 saturated carbocycles. The Bertz CT molecular complexity index is 736. The van der Waals surface area contributed by atoms with Gasteiger partial charge in [0.25, 0.3) is 12.1 Å². The molecule has 10 heteroatoms. The molecule has 0 N–H and O–H groups in total. The highest BCUT2D eigenvalue weighted by Crippen LogP contribution is 2.24. The van der Waals surface area contributed by atoms with Gasteiger partial charge in [0.2, 0.25) is 11.0 Å². The molecule has 7 nitrogen and oxygen atoms in total. The minimum atomic E-state index is -2.82. The molecule has 1 aromatic carbocycles. The van der Waals surface area contributed by atoms with Gasteiger partial charge in [0, 0.05) is 23.4 Å². The fraction of sp³-hybridized carbons (Fsp3) is 0.357. The van der Waals surface area contributed by atoms with Crippen LogP contribution in [0, 0.1) is 10.1 Å². The number of nitrogens with zero attached hydrogens (tertiary/aromatic N) is 5. The van der Waals surface area contributed by atoms with Crippen molar-refractivity contribution in [2.45, 2.75) is 31.3 Å². The molecule has 0 aliphatic heterocycles. The first-order valence-corrected chi connectivity index (χ1v) is 8.16. The van der Waals surface area contributed by atoms with E-state index in [0.717, 1.165) is 17.5 Å².